The van der Waals surface area contributed by atoms with Gasteiger partial charge in [-0.15, -0.1) is 0 Å². The summed E-state index contributed by atoms with van der Waals surface area (Å²) in [7, 11) is 0. The highest BCUT2D eigenvalue weighted by molar-refractivity contribution is 5.87. The van der Waals surface area contributed by atoms with Crippen LogP contribution in [0.5, 0.6) is 0 Å². The molecule has 4 nitrogen and oxygen atoms in total. The van der Waals surface area contributed by atoms with E-state index in [0.29, 0.717) is 12.5 Å². The lowest BCUT2D eigenvalue weighted by atomic mass is 10.1. The van der Waals surface area contributed by atoms with Gasteiger partial charge < -0.3 is 4.74 Å². The van der Waals surface area contributed by atoms with E-state index in [1.807, 2.05) is 18.2 Å². The van der Waals surface area contributed by atoms with Gasteiger partial charge in [0.05, 0.1) is 6.04 Å². The van der Waals surface area contributed by atoms with Crippen molar-refractivity contribution in [2.24, 2.45) is 11.0 Å². The van der Waals surface area contributed by atoms with Gasteiger partial charge in [0.25, 0.3) is 0 Å². The highest BCUT2D eigenvalue weighted by atomic mass is 16.6. The predicted octanol–water partition coefficient (Wildman–Crippen LogP) is 3.47. The van der Waals surface area contributed by atoms with Crippen LogP contribution in [0, 0.1) is 5.92 Å². The Balaban J connectivity index is 2.14. The van der Waals surface area contributed by atoms with E-state index in [0.717, 1.165) is 18.6 Å². The van der Waals surface area contributed by atoms with Gasteiger partial charge in [-0.25, -0.2) is 4.79 Å². The number of hydrogen-bond donors (Lipinski definition) is 0. The summed E-state index contributed by atoms with van der Waals surface area (Å²) in [6.07, 6.45) is 1.28. The largest absolute Gasteiger partial charge is 0.446 e. The molecule has 1 aliphatic heterocycles. The van der Waals surface area contributed by atoms with Crippen molar-refractivity contribution in [1.29, 1.82) is 0 Å². The fourth-order valence-electron chi connectivity index (χ4n) is 2.34. The van der Waals surface area contributed by atoms with Crippen LogP contribution in [0.1, 0.15) is 32.8 Å². The molecule has 1 aromatic carbocycles. The molecule has 2 rings (SSSR count). The smallest absolute Gasteiger partial charge is 0.430 e. The molecule has 0 aliphatic carbocycles. The minimum absolute atomic E-state index is 0.00907. The zero-order valence-electron chi connectivity index (χ0n) is 12.4. The number of ether oxygens (including phenoxy) is 1. The Morgan fingerprint density at radius 3 is 2.70 bits per heavy atom. The van der Waals surface area contributed by atoms with Crippen LogP contribution < -0.4 is 0 Å². The molecule has 1 atom stereocenters. The maximum atomic E-state index is 11.8. The van der Waals surface area contributed by atoms with Gasteiger partial charge in [-0.1, -0.05) is 51.1 Å². The van der Waals surface area contributed by atoms with Gasteiger partial charge >= 0.3 is 6.09 Å². The molecule has 0 N–H and O–H groups in total. The molecular formula is C16H22N2O2. The molecule has 1 heterocycles. The van der Waals surface area contributed by atoms with Gasteiger partial charge in [-0.2, -0.15) is 10.1 Å². The first-order valence-corrected chi connectivity index (χ1v) is 7.19. The van der Waals surface area contributed by atoms with E-state index in [9.17, 15) is 4.79 Å². The zero-order chi connectivity index (χ0) is 14.5. The minimum Gasteiger partial charge on any atom is -0.446 e. The topological polar surface area (TPSA) is 41.9 Å². The molecule has 0 saturated carbocycles. The first kappa shape index (κ1) is 14.6. The molecule has 1 aliphatic rings. The van der Waals surface area contributed by atoms with Crippen molar-refractivity contribution >= 4 is 11.8 Å². The van der Waals surface area contributed by atoms with Crippen LogP contribution in [0.3, 0.4) is 0 Å². The minimum atomic E-state index is -0.336. The molecule has 0 unspecified atom stereocenters. The van der Waals surface area contributed by atoms with Crippen LogP contribution >= 0.6 is 0 Å². The first-order valence-electron chi connectivity index (χ1n) is 7.19. The molecular weight excluding hydrogens is 252 g/mol. The lowest BCUT2D eigenvalue weighted by Crippen LogP contribution is -2.32. The second kappa shape index (κ2) is 6.55. The summed E-state index contributed by atoms with van der Waals surface area (Å²) in [5.41, 5.74) is 2.22. The van der Waals surface area contributed by atoms with Gasteiger partial charge in [-0.3, -0.25) is 0 Å². The molecule has 108 valence electrons. The van der Waals surface area contributed by atoms with Crippen LogP contribution in [0.15, 0.2) is 35.4 Å². The van der Waals surface area contributed by atoms with Gasteiger partial charge in [0.2, 0.25) is 0 Å². The number of rotatable bonds is 5. The SMILES string of the molecule is CC/C(=N\N1C(=O)OC[C@@H]1Cc1ccccc1)C(C)C. The Hall–Kier alpha value is -1.84. The van der Waals surface area contributed by atoms with E-state index in [1.165, 1.54) is 10.6 Å². The number of amides is 1. The van der Waals surface area contributed by atoms with E-state index in [-0.39, 0.29) is 12.1 Å². The Kier molecular flexibility index (Phi) is 4.77. The standard InChI is InChI=1S/C16H22N2O2/c1-4-15(12(2)3)17-18-14(11-20-16(18)19)10-13-8-6-5-7-9-13/h5-9,12,14H,4,10-11H2,1-3H3/b17-15+/t14-/m0/s1. The molecule has 1 fully saturated rings. The number of benzene rings is 1. The van der Waals surface area contributed by atoms with Gasteiger partial charge in [0.15, 0.2) is 0 Å². The molecule has 0 radical (unpaired) electrons. The van der Waals surface area contributed by atoms with E-state index in [4.69, 9.17) is 4.74 Å². The van der Waals surface area contributed by atoms with Crippen molar-refractivity contribution in [2.45, 2.75) is 39.7 Å². The average molecular weight is 274 g/mol. The quantitative estimate of drug-likeness (QED) is 0.771. The second-order valence-electron chi connectivity index (χ2n) is 5.36. The van der Waals surface area contributed by atoms with Crippen molar-refractivity contribution in [3.05, 3.63) is 35.9 Å². The number of hydrogen-bond acceptors (Lipinski definition) is 3. The summed E-state index contributed by atoms with van der Waals surface area (Å²) < 4.78 is 5.16. The monoisotopic (exact) mass is 274 g/mol. The maximum absolute atomic E-state index is 11.8. The van der Waals surface area contributed by atoms with Gasteiger partial charge in [-0.05, 0) is 24.3 Å². The Morgan fingerprint density at radius 1 is 1.40 bits per heavy atom. The maximum Gasteiger partial charge on any atom is 0.430 e. The molecule has 1 amide bonds. The van der Waals surface area contributed by atoms with Crippen LogP contribution in [-0.2, 0) is 11.2 Å². The number of carbonyl (C=O) groups is 1. The predicted molar refractivity (Wildman–Crippen MR) is 79.7 cm³/mol. The van der Waals surface area contributed by atoms with Crippen molar-refractivity contribution in [3.8, 4) is 0 Å². The summed E-state index contributed by atoms with van der Waals surface area (Å²) >= 11 is 0. The fourth-order valence-corrected chi connectivity index (χ4v) is 2.34. The second-order valence-corrected chi connectivity index (χ2v) is 5.36. The van der Waals surface area contributed by atoms with E-state index in [1.54, 1.807) is 0 Å². The van der Waals surface area contributed by atoms with Crippen molar-refractivity contribution in [1.82, 2.24) is 5.01 Å². The van der Waals surface area contributed by atoms with E-state index in [2.05, 4.69) is 38.0 Å². The third kappa shape index (κ3) is 3.38. The lowest BCUT2D eigenvalue weighted by Gasteiger charge is -2.19. The molecule has 20 heavy (non-hydrogen) atoms. The molecule has 0 spiro atoms. The number of nitrogens with zero attached hydrogens (tertiary/aromatic N) is 2. The van der Waals surface area contributed by atoms with Gasteiger partial charge in [0, 0.05) is 5.71 Å². The van der Waals surface area contributed by atoms with E-state index >= 15 is 0 Å². The third-order valence-corrected chi connectivity index (χ3v) is 3.51. The van der Waals surface area contributed by atoms with Crippen LogP contribution in [0.2, 0.25) is 0 Å². The molecule has 0 aromatic heterocycles. The molecule has 1 saturated heterocycles. The third-order valence-electron chi connectivity index (χ3n) is 3.51. The Labute approximate surface area is 120 Å². The summed E-state index contributed by atoms with van der Waals surface area (Å²) in [4.78, 5) is 11.8. The van der Waals surface area contributed by atoms with Crippen LogP contribution in [0.25, 0.3) is 0 Å². The fraction of sp³-hybridized carbons (Fsp3) is 0.500. The number of carbonyl (C=O) groups excluding carboxylic acids is 1. The number of hydrazone groups is 1. The number of cyclic esters (lactones) is 1. The Morgan fingerprint density at radius 2 is 2.10 bits per heavy atom. The first-order chi connectivity index (χ1) is 9.61. The zero-order valence-corrected chi connectivity index (χ0v) is 12.4. The van der Waals surface area contributed by atoms with Gasteiger partial charge in [0.1, 0.15) is 6.61 Å². The van der Waals surface area contributed by atoms with E-state index < -0.39 is 0 Å². The highest BCUT2D eigenvalue weighted by Crippen LogP contribution is 2.19. The highest BCUT2D eigenvalue weighted by Gasteiger charge is 2.33. The van der Waals surface area contributed by atoms with Crippen molar-refractivity contribution in [3.63, 3.8) is 0 Å². The summed E-state index contributed by atoms with van der Waals surface area (Å²) in [6.45, 7) is 6.66. The van der Waals surface area contributed by atoms with Crippen molar-refractivity contribution < 1.29 is 9.53 Å². The molecule has 4 heteroatoms. The normalized spacial score (nSPS) is 19.6. The van der Waals surface area contributed by atoms with Crippen molar-refractivity contribution in [2.75, 3.05) is 6.61 Å². The summed E-state index contributed by atoms with van der Waals surface area (Å²) in [5, 5.41) is 6.05. The lowest BCUT2D eigenvalue weighted by molar-refractivity contribution is 0.158. The summed E-state index contributed by atoms with van der Waals surface area (Å²) in [5.74, 6) is 0.339. The average Bonchev–Trinajstić information content (AvgIpc) is 2.77. The van der Waals surface area contributed by atoms with Crippen LogP contribution in [0.4, 0.5) is 4.79 Å². The molecule has 1 aromatic rings. The Bertz CT molecular complexity index is 483. The summed E-state index contributed by atoms with van der Waals surface area (Å²) in [6, 6.07) is 10.1. The van der Waals surface area contributed by atoms with Crippen LogP contribution in [-0.4, -0.2) is 29.5 Å². The molecule has 0 bridgehead atoms.